The second kappa shape index (κ2) is 6.73. The summed E-state index contributed by atoms with van der Waals surface area (Å²) >= 11 is 1.72. The summed E-state index contributed by atoms with van der Waals surface area (Å²) in [4.78, 5) is 19.5. The number of unbranched alkanes of at least 4 members (excludes halogenated alkanes) is 5. The summed E-state index contributed by atoms with van der Waals surface area (Å²) in [5.41, 5.74) is 1.48. The third-order valence-electron chi connectivity index (χ3n) is 4.44. The summed E-state index contributed by atoms with van der Waals surface area (Å²) in [6.07, 6.45) is 12.7. The van der Waals surface area contributed by atoms with Crippen molar-refractivity contribution in [2.24, 2.45) is 0 Å². The summed E-state index contributed by atoms with van der Waals surface area (Å²) in [5, 5.41) is 0.918. The Balaban J connectivity index is 1.69. The van der Waals surface area contributed by atoms with Gasteiger partial charge in [0.1, 0.15) is 4.83 Å². The highest BCUT2D eigenvalue weighted by Gasteiger charge is 2.21. The Morgan fingerprint density at radius 2 is 2.00 bits per heavy atom. The molecule has 1 aliphatic carbocycles. The van der Waals surface area contributed by atoms with Crippen LogP contribution in [0.3, 0.4) is 0 Å². The molecule has 3 nitrogen and oxygen atoms in total. The molecule has 21 heavy (non-hydrogen) atoms. The molecule has 0 saturated carbocycles. The predicted molar refractivity (Wildman–Crippen MR) is 89.3 cm³/mol. The second-order valence-electron chi connectivity index (χ2n) is 6.05. The van der Waals surface area contributed by atoms with Gasteiger partial charge in [-0.1, -0.05) is 39.0 Å². The first-order chi connectivity index (χ1) is 10.3. The highest BCUT2D eigenvalue weighted by Crippen LogP contribution is 2.34. The number of nitrogens with zero attached hydrogens (tertiary/aromatic N) is 2. The van der Waals surface area contributed by atoms with Crippen LogP contribution < -0.4 is 5.56 Å². The molecule has 0 spiro atoms. The first-order valence-corrected chi connectivity index (χ1v) is 9.12. The SMILES string of the molecule is CCCCCCCCn1cnc2sc3c(c2c1=O)CCC3. The molecule has 0 radical (unpaired) electrons. The fourth-order valence-electron chi connectivity index (χ4n) is 3.24. The molecule has 3 rings (SSSR count). The van der Waals surface area contributed by atoms with Crippen molar-refractivity contribution in [2.75, 3.05) is 0 Å². The number of thiophene rings is 1. The van der Waals surface area contributed by atoms with Crippen LogP contribution >= 0.6 is 11.3 Å². The van der Waals surface area contributed by atoms with Gasteiger partial charge in [0.05, 0.1) is 11.7 Å². The lowest BCUT2D eigenvalue weighted by atomic mass is 10.1. The van der Waals surface area contributed by atoms with Crippen LogP contribution in [0.25, 0.3) is 10.2 Å². The number of rotatable bonds is 7. The van der Waals surface area contributed by atoms with E-state index in [-0.39, 0.29) is 5.56 Å². The number of hydrogen-bond acceptors (Lipinski definition) is 3. The maximum atomic E-state index is 12.6. The van der Waals surface area contributed by atoms with Crippen LogP contribution in [0.1, 0.15) is 62.3 Å². The van der Waals surface area contributed by atoms with Gasteiger partial charge in [-0.05, 0) is 31.2 Å². The Labute approximate surface area is 130 Å². The molecule has 2 heterocycles. The molecule has 0 aromatic carbocycles. The Morgan fingerprint density at radius 1 is 1.19 bits per heavy atom. The zero-order valence-electron chi connectivity index (χ0n) is 12.9. The van der Waals surface area contributed by atoms with Gasteiger partial charge in [-0.15, -0.1) is 11.3 Å². The topological polar surface area (TPSA) is 34.9 Å². The summed E-state index contributed by atoms with van der Waals surface area (Å²) in [6.45, 7) is 3.05. The van der Waals surface area contributed by atoms with Crippen molar-refractivity contribution in [3.63, 3.8) is 0 Å². The van der Waals surface area contributed by atoms with Crippen molar-refractivity contribution in [1.29, 1.82) is 0 Å². The Morgan fingerprint density at radius 3 is 2.86 bits per heavy atom. The van der Waals surface area contributed by atoms with Gasteiger partial charge in [0.25, 0.3) is 5.56 Å². The van der Waals surface area contributed by atoms with Gasteiger partial charge >= 0.3 is 0 Å². The minimum atomic E-state index is 0.188. The summed E-state index contributed by atoms with van der Waals surface area (Å²) < 4.78 is 1.83. The van der Waals surface area contributed by atoms with Crippen molar-refractivity contribution >= 4 is 21.6 Å². The van der Waals surface area contributed by atoms with Crippen LogP contribution in [0.2, 0.25) is 0 Å². The summed E-state index contributed by atoms with van der Waals surface area (Å²) in [6, 6.07) is 0. The third-order valence-corrected chi connectivity index (χ3v) is 5.64. The van der Waals surface area contributed by atoms with Gasteiger partial charge in [-0.25, -0.2) is 4.98 Å². The quantitative estimate of drug-likeness (QED) is 0.715. The van der Waals surface area contributed by atoms with Gasteiger partial charge in [-0.3, -0.25) is 9.36 Å². The molecule has 0 unspecified atom stereocenters. The molecule has 0 amide bonds. The molecule has 0 aliphatic heterocycles. The standard InChI is InChI=1S/C17H24N2OS/c1-2-3-4-5-6-7-11-19-12-18-16-15(17(19)20)13-9-8-10-14(13)21-16/h12H,2-11H2,1H3. The highest BCUT2D eigenvalue weighted by atomic mass is 32.1. The average molecular weight is 304 g/mol. The Kier molecular flexibility index (Phi) is 4.73. The van der Waals surface area contributed by atoms with E-state index in [2.05, 4.69) is 11.9 Å². The van der Waals surface area contributed by atoms with E-state index in [4.69, 9.17) is 0 Å². The van der Waals surface area contributed by atoms with Crippen LogP contribution in [-0.2, 0) is 19.4 Å². The summed E-state index contributed by atoms with van der Waals surface area (Å²) in [5.74, 6) is 0. The van der Waals surface area contributed by atoms with E-state index in [0.717, 1.165) is 36.0 Å². The van der Waals surface area contributed by atoms with Gasteiger partial charge < -0.3 is 0 Å². The van der Waals surface area contributed by atoms with Crippen LogP contribution in [0.4, 0.5) is 0 Å². The molecular weight excluding hydrogens is 280 g/mol. The monoisotopic (exact) mass is 304 g/mol. The zero-order valence-corrected chi connectivity index (χ0v) is 13.7. The highest BCUT2D eigenvalue weighted by molar-refractivity contribution is 7.18. The van der Waals surface area contributed by atoms with Crippen LogP contribution in [0, 0.1) is 0 Å². The van der Waals surface area contributed by atoms with Gasteiger partial charge in [0.2, 0.25) is 0 Å². The Bertz CT molecular complexity index is 671. The van der Waals surface area contributed by atoms with Crippen molar-refractivity contribution in [1.82, 2.24) is 9.55 Å². The lowest BCUT2D eigenvalue weighted by molar-refractivity contribution is 0.547. The molecule has 2 aromatic heterocycles. The Hall–Kier alpha value is -1.16. The molecule has 0 N–H and O–H groups in total. The van der Waals surface area contributed by atoms with E-state index in [1.165, 1.54) is 49.0 Å². The van der Waals surface area contributed by atoms with E-state index >= 15 is 0 Å². The van der Waals surface area contributed by atoms with E-state index in [9.17, 15) is 4.79 Å². The molecular formula is C17H24N2OS. The van der Waals surface area contributed by atoms with Crippen molar-refractivity contribution in [3.8, 4) is 0 Å². The van der Waals surface area contributed by atoms with Crippen molar-refractivity contribution < 1.29 is 0 Å². The minimum absolute atomic E-state index is 0.188. The fourth-order valence-corrected chi connectivity index (χ4v) is 4.46. The molecule has 0 fully saturated rings. The maximum Gasteiger partial charge on any atom is 0.262 e. The maximum absolute atomic E-state index is 12.6. The molecule has 114 valence electrons. The summed E-state index contributed by atoms with van der Waals surface area (Å²) in [7, 11) is 0. The number of fused-ring (bicyclic) bond motifs is 3. The largest absolute Gasteiger partial charge is 0.299 e. The minimum Gasteiger partial charge on any atom is -0.299 e. The van der Waals surface area contributed by atoms with Gasteiger partial charge in [-0.2, -0.15) is 0 Å². The van der Waals surface area contributed by atoms with E-state index < -0.39 is 0 Å². The van der Waals surface area contributed by atoms with Gasteiger partial charge in [0.15, 0.2) is 0 Å². The first-order valence-electron chi connectivity index (χ1n) is 8.31. The number of aromatic nitrogens is 2. The lowest BCUT2D eigenvalue weighted by Gasteiger charge is -2.05. The fraction of sp³-hybridized carbons (Fsp3) is 0.647. The lowest BCUT2D eigenvalue weighted by Crippen LogP contribution is -2.20. The molecule has 2 aromatic rings. The smallest absolute Gasteiger partial charge is 0.262 e. The molecule has 0 bridgehead atoms. The molecule has 4 heteroatoms. The van der Waals surface area contributed by atoms with E-state index in [1.54, 1.807) is 17.7 Å². The zero-order chi connectivity index (χ0) is 14.7. The van der Waals surface area contributed by atoms with E-state index in [1.807, 2.05) is 4.57 Å². The predicted octanol–water partition coefficient (Wildman–Crippen LogP) is 4.31. The average Bonchev–Trinajstić information content (AvgIpc) is 3.05. The van der Waals surface area contributed by atoms with Crippen molar-refractivity contribution in [3.05, 3.63) is 27.1 Å². The van der Waals surface area contributed by atoms with Crippen LogP contribution in [-0.4, -0.2) is 9.55 Å². The molecule has 0 saturated heterocycles. The van der Waals surface area contributed by atoms with Crippen LogP contribution in [0.5, 0.6) is 0 Å². The normalized spacial score (nSPS) is 14.0. The molecule has 0 atom stereocenters. The number of hydrogen-bond donors (Lipinski definition) is 0. The van der Waals surface area contributed by atoms with Gasteiger partial charge in [0, 0.05) is 11.4 Å². The third kappa shape index (κ3) is 3.05. The first kappa shape index (κ1) is 14.8. The molecule has 1 aliphatic rings. The van der Waals surface area contributed by atoms with Crippen molar-refractivity contribution in [2.45, 2.75) is 71.3 Å². The second-order valence-corrected chi connectivity index (χ2v) is 7.13. The number of aryl methyl sites for hydroxylation is 3. The van der Waals surface area contributed by atoms with E-state index in [0.29, 0.717) is 0 Å². The van der Waals surface area contributed by atoms with Crippen LogP contribution in [0.15, 0.2) is 11.1 Å².